The molecule has 22 heavy (non-hydrogen) atoms. The van der Waals surface area contributed by atoms with E-state index >= 15 is 0 Å². The van der Waals surface area contributed by atoms with Crippen molar-refractivity contribution in [2.75, 3.05) is 13.6 Å². The fourth-order valence-corrected chi connectivity index (χ4v) is 2.37. The number of nitrogens with zero attached hydrogens (tertiary/aromatic N) is 1. The molecule has 2 aliphatic heterocycles. The van der Waals surface area contributed by atoms with E-state index in [0.717, 1.165) is 18.2 Å². The Morgan fingerprint density at radius 2 is 2.05 bits per heavy atom. The van der Waals surface area contributed by atoms with Crippen molar-refractivity contribution >= 4 is 5.70 Å². The average molecular weight is 304 g/mol. The highest BCUT2D eigenvalue weighted by atomic mass is 19.1. The lowest BCUT2D eigenvalue weighted by Crippen LogP contribution is -2.15. The molecule has 1 fully saturated rings. The highest BCUT2D eigenvalue weighted by Gasteiger charge is 2.37. The topological polar surface area (TPSA) is 15.0 Å². The lowest BCUT2D eigenvalue weighted by molar-refractivity contribution is 0.580. The molecule has 1 saturated heterocycles. The van der Waals surface area contributed by atoms with Gasteiger partial charge in [-0.05, 0) is 39.1 Å². The molecule has 4 heteroatoms. The molecule has 1 aromatic rings. The lowest BCUT2D eigenvalue weighted by atomic mass is 10.1. The van der Waals surface area contributed by atoms with Gasteiger partial charge in [-0.1, -0.05) is 24.3 Å². The molecule has 0 spiro atoms. The Balaban J connectivity index is 0.000000188. The van der Waals surface area contributed by atoms with Crippen LogP contribution in [0.3, 0.4) is 0 Å². The van der Waals surface area contributed by atoms with Crippen LogP contribution in [0.25, 0.3) is 5.70 Å². The summed E-state index contributed by atoms with van der Waals surface area (Å²) in [5.74, 6) is -1.10. The van der Waals surface area contributed by atoms with Gasteiger partial charge in [0.2, 0.25) is 0 Å². The number of hydrogen-bond acceptors (Lipinski definition) is 2. The highest BCUT2D eigenvalue weighted by Crippen LogP contribution is 2.25. The van der Waals surface area contributed by atoms with E-state index in [1.165, 1.54) is 12.1 Å². The van der Waals surface area contributed by atoms with E-state index in [2.05, 4.69) is 43.3 Å². The first-order valence-electron chi connectivity index (χ1n) is 7.45. The highest BCUT2D eigenvalue weighted by molar-refractivity contribution is 5.67. The van der Waals surface area contributed by atoms with Gasteiger partial charge in [-0.15, -0.1) is 0 Å². The first kappa shape index (κ1) is 16.4. The third kappa shape index (κ3) is 4.04. The van der Waals surface area contributed by atoms with Gasteiger partial charge in [0.25, 0.3) is 0 Å². The molecule has 3 rings (SSSR count). The first-order valence-corrected chi connectivity index (χ1v) is 7.45. The molecule has 0 aromatic heterocycles. The second-order valence-corrected chi connectivity index (χ2v) is 5.44. The predicted molar refractivity (Wildman–Crippen MR) is 87.3 cm³/mol. The summed E-state index contributed by atoms with van der Waals surface area (Å²) in [5, 5.41) is 3.01. The zero-order valence-corrected chi connectivity index (χ0v) is 13.2. The molecule has 0 radical (unpaired) electrons. The molecule has 3 atom stereocenters. The fraction of sp³-hybridized carbons (Fsp3) is 0.333. The second kappa shape index (κ2) is 7.36. The molecule has 0 bridgehead atoms. The largest absolute Gasteiger partial charge is 0.381 e. The van der Waals surface area contributed by atoms with Crippen LogP contribution in [0, 0.1) is 11.6 Å². The molecule has 0 saturated carbocycles. The quantitative estimate of drug-likeness (QED) is 0.661. The Hall–Kier alpha value is -1.94. The maximum absolute atomic E-state index is 13.3. The van der Waals surface area contributed by atoms with Gasteiger partial charge in [0, 0.05) is 36.0 Å². The second-order valence-electron chi connectivity index (χ2n) is 5.44. The predicted octanol–water partition coefficient (Wildman–Crippen LogP) is 3.73. The number of hydrogen-bond donors (Lipinski definition) is 1. The summed E-state index contributed by atoms with van der Waals surface area (Å²) in [6, 6.07) is 5.09. The first-order chi connectivity index (χ1) is 10.5. The van der Waals surface area contributed by atoms with Crippen LogP contribution in [0.15, 0.2) is 48.6 Å². The molecule has 2 aliphatic rings. The van der Waals surface area contributed by atoms with E-state index in [1.807, 2.05) is 12.2 Å². The molecule has 3 unspecified atom stereocenters. The molecule has 1 aromatic carbocycles. The maximum atomic E-state index is 13.3. The Morgan fingerprint density at radius 1 is 1.32 bits per heavy atom. The van der Waals surface area contributed by atoms with Gasteiger partial charge in [0.05, 0.1) is 0 Å². The van der Waals surface area contributed by atoms with E-state index in [1.54, 1.807) is 6.08 Å². The standard InChI is InChI=1S/C11H9F2N.C7H13N/c12-8-4-5-9(10(13)7-8)11-3-1-2-6-14-11;1-4-5-7-6(2)8(7)3/h1-5,7,14H,6H2;4-7H,1-3H3. The van der Waals surface area contributed by atoms with E-state index in [0.29, 0.717) is 17.8 Å². The Morgan fingerprint density at radius 3 is 2.50 bits per heavy atom. The summed E-state index contributed by atoms with van der Waals surface area (Å²) >= 11 is 0. The summed E-state index contributed by atoms with van der Waals surface area (Å²) in [5.41, 5.74) is 1.08. The van der Waals surface area contributed by atoms with E-state index < -0.39 is 11.6 Å². The van der Waals surface area contributed by atoms with Crippen molar-refractivity contribution in [1.82, 2.24) is 10.2 Å². The van der Waals surface area contributed by atoms with Crippen LogP contribution in [-0.2, 0) is 0 Å². The van der Waals surface area contributed by atoms with Crippen LogP contribution >= 0.6 is 0 Å². The summed E-state index contributed by atoms with van der Waals surface area (Å²) in [6.45, 7) is 4.98. The molecule has 0 amide bonds. The van der Waals surface area contributed by atoms with Crippen LogP contribution < -0.4 is 5.32 Å². The minimum absolute atomic E-state index is 0.399. The van der Waals surface area contributed by atoms with Crippen LogP contribution in [0.1, 0.15) is 19.4 Å². The SMILES string of the molecule is CC=CC1C(C)N1C.Fc1ccc(C2=CC=CCN2)c(F)c1. The van der Waals surface area contributed by atoms with Gasteiger partial charge >= 0.3 is 0 Å². The van der Waals surface area contributed by atoms with Gasteiger partial charge in [-0.25, -0.2) is 8.78 Å². The zero-order chi connectivity index (χ0) is 16.1. The molecule has 2 nitrogen and oxygen atoms in total. The van der Waals surface area contributed by atoms with Gasteiger partial charge in [-0.3, -0.25) is 4.90 Å². The van der Waals surface area contributed by atoms with Crippen molar-refractivity contribution < 1.29 is 8.78 Å². The van der Waals surface area contributed by atoms with Crippen molar-refractivity contribution in [2.45, 2.75) is 25.9 Å². The molecule has 118 valence electrons. The van der Waals surface area contributed by atoms with Crippen LogP contribution in [0.2, 0.25) is 0 Å². The summed E-state index contributed by atoms with van der Waals surface area (Å²) in [6.07, 6.45) is 9.88. The third-order valence-corrected chi connectivity index (χ3v) is 3.94. The molecular formula is C18H22F2N2. The maximum Gasteiger partial charge on any atom is 0.135 e. The number of allylic oxidation sites excluding steroid dienone is 3. The summed E-state index contributed by atoms with van der Waals surface area (Å²) in [4.78, 5) is 2.33. The van der Waals surface area contributed by atoms with Crippen LogP contribution in [0.5, 0.6) is 0 Å². The minimum atomic E-state index is -0.557. The van der Waals surface area contributed by atoms with E-state index in [4.69, 9.17) is 0 Å². The lowest BCUT2D eigenvalue weighted by Gasteiger charge is -2.12. The number of dihydropyridines is 1. The number of rotatable bonds is 2. The monoisotopic (exact) mass is 304 g/mol. The van der Waals surface area contributed by atoms with Gasteiger partial charge in [-0.2, -0.15) is 0 Å². The van der Waals surface area contributed by atoms with Crippen molar-refractivity contribution in [3.05, 3.63) is 65.8 Å². The molecule has 0 aliphatic carbocycles. The van der Waals surface area contributed by atoms with Crippen LogP contribution in [-0.4, -0.2) is 30.6 Å². The number of benzene rings is 1. The van der Waals surface area contributed by atoms with Crippen molar-refractivity contribution in [3.8, 4) is 0 Å². The van der Waals surface area contributed by atoms with Crippen molar-refractivity contribution in [2.24, 2.45) is 0 Å². The number of halogens is 2. The fourth-order valence-electron chi connectivity index (χ4n) is 2.37. The van der Waals surface area contributed by atoms with E-state index in [9.17, 15) is 8.78 Å². The normalized spacial score (nSPS) is 26.0. The minimum Gasteiger partial charge on any atom is -0.381 e. The van der Waals surface area contributed by atoms with Gasteiger partial charge in [0.1, 0.15) is 11.6 Å². The Kier molecular flexibility index (Phi) is 5.50. The van der Waals surface area contributed by atoms with Crippen LogP contribution in [0.4, 0.5) is 8.78 Å². The van der Waals surface area contributed by atoms with Gasteiger partial charge < -0.3 is 5.32 Å². The summed E-state index contributed by atoms with van der Waals surface area (Å²) in [7, 11) is 2.15. The summed E-state index contributed by atoms with van der Waals surface area (Å²) < 4.78 is 25.9. The number of likely N-dealkylation sites (N-methyl/N-ethyl adjacent to an activating group) is 1. The molecule has 2 heterocycles. The zero-order valence-electron chi connectivity index (χ0n) is 13.2. The van der Waals surface area contributed by atoms with E-state index in [-0.39, 0.29) is 0 Å². The van der Waals surface area contributed by atoms with Crippen molar-refractivity contribution in [1.29, 1.82) is 0 Å². The average Bonchev–Trinajstić information content (AvgIpc) is 3.08. The number of nitrogens with one attached hydrogen (secondary N) is 1. The van der Waals surface area contributed by atoms with Gasteiger partial charge in [0.15, 0.2) is 0 Å². The Bertz CT molecular complexity index is 597. The Labute approximate surface area is 130 Å². The molecule has 1 N–H and O–H groups in total. The smallest absolute Gasteiger partial charge is 0.135 e. The van der Waals surface area contributed by atoms with Crippen molar-refractivity contribution in [3.63, 3.8) is 0 Å². The third-order valence-electron chi connectivity index (χ3n) is 3.94. The molecular weight excluding hydrogens is 282 g/mol.